The Morgan fingerprint density at radius 1 is 1.55 bits per heavy atom. The van der Waals surface area contributed by atoms with Crippen molar-refractivity contribution in [1.82, 2.24) is 10.2 Å². The van der Waals surface area contributed by atoms with E-state index in [1.165, 1.54) is 18.2 Å². The second-order valence-corrected chi connectivity index (χ2v) is 6.45. The summed E-state index contributed by atoms with van der Waals surface area (Å²) in [6.45, 7) is 2.55. The fourth-order valence-electron chi connectivity index (χ4n) is 3.49. The highest BCUT2D eigenvalue weighted by atomic mass is 35.5. The molecule has 1 amide bonds. The summed E-state index contributed by atoms with van der Waals surface area (Å²) in [5.74, 6) is 3.05. The minimum atomic E-state index is -0.519. The summed E-state index contributed by atoms with van der Waals surface area (Å²) < 4.78 is 13.1. The molecule has 0 saturated carbocycles. The van der Waals surface area contributed by atoms with E-state index in [0.717, 1.165) is 25.9 Å². The zero-order valence-corrected chi connectivity index (χ0v) is 12.9. The van der Waals surface area contributed by atoms with Crippen molar-refractivity contribution in [2.75, 3.05) is 19.6 Å². The third kappa shape index (κ3) is 2.97. The molecule has 3 fully saturated rings. The van der Waals surface area contributed by atoms with Crippen molar-refractivity contribution >= 4 is 17.5 Å². The van der Waals surface area contributed by atoms with Crippen LogP contribution in [0.15, 0.2) is 18.2 Å². The zero-order chi connectivity index (χ0) is 15.7. The summed E-state index contributed by atoms with van der Waals surface area (Å²) in [6.07, 6.45) is 7.74. The normalized spacial score (nSPS) is 29.9. The van der Waals surface area contributed by atoms with Gasteiger partial charge in [-0.3, -0.25) is 9.69 Å². The Hall–Kier alpha value is -1.57. The fraction of sp³-hybridized carbons (Fsp3) is 0.471. The Labute approximate surface area is 134 Å². The van der Waals surface area contributed by atoms with Gasteiger partial charge in [0.2, 0.25) is 0 Å². The van der Waals surface area contributed by atoms with E-state index in [0.29, 0.717) is 30.0 Å². The van der Waals surface area contributed by atoms with Gasteiger partial charge in [-0.2, -0.15) is 0 Å². The van der Waals surface area contributed by atoms with Gasteiger partial charge in [0.25, 0.3) is 5.91 Å². The van der Waals surface area contributed by atoms with Crippen molar-refractivity contribution in [3.05, 3.63) is 34.6 Å². The third-order valence-electron chi connectivity index (χ3n) is 4.77. The molecule has 0 aromatic heterocycles. The third-order valence-corrected chi connectivity index (χ3v) is 5.06. The van der Waals surface area contributed by atoms with E-state index in [1.807, 2.05) is 0 Å². The first kappa shape index (κ1) is 15.3. The van der Waals surface area contributed by atoms with Crippen LogP contribution in [-0.2, 0) is 0 Å². The number of fused-ring (bicyclic) bond motifs is 3. The number of hydrogen-bond acceptors (Lipinski definition) is 2. The number of terminal acetylenes is 1. The molecular formula is C17H18ClFN2O. The van der Waals surface area contributed by atoms with Gasteiger partial charge in [0, 0.05) is 30.6 Å². The van der Waals surface area contributed by atoms with Crippen molar-refractivity contribution in [1.29, 1.82) is 0 Å². The van der Waals surface area contributed by atoms with Crippen molar-refractivity contribution in [3.63, 3.8) is 0 Å². The molecule has 2 bridgehead atoms. The Kier molecular flexibility index (Phi) is 4.37. The molecule has 4 atom stereocenters. The molecule has 0 aliphatic carbocycles. The molecule has 1 aromatic carbocycles. The summed E-state index contributed by atoms with van der Waals surface area (Å²) in [5.41, 5.74) is 0.379. The molecule has 1 aromatic rings. The predicted octanol–water partition coefficient (Wildman–Crippen LogP) is 2.55. The van der Waals surface area contributed by atoms with Crippen LogP contribution in [-0.4, -0.2) is 36.5 Å². The number of benzene rings is 1. The van der Waals surface area contributed by atoms with Gasteiger partial charge in [0.1, 0.15) is 5.82 Å². The first-order valence-electron chi connectivity index (χ1n) is 7.52. The van der Waals surface area contributed by atoms with Crippen LogP contribution in [0.5, 0.6) is 0 Å². The van der Waals surface area contributed by atoms with Crippen molar-refractivity contribution in [2.45, 2.75) is 18.9 Å². The quantitative estimate of drug-likeness (QED) is 0.868. The molecule has 5 heteroatoms. The lowest BCUT2D eigenvalue weighted by molar-refractivity contribution is 0.0227. The zero-order valence-electron chi connectivity index (χ0n) is 12.2. The average Bonchev–Trinajstić information content (AvgIpc) is 2.55. The lowest BCUT2D eigenvalue weighted by Crippen LogP contribution is -2.56. The molecular weight excluding hydrogens is 303 g/mol. The minimum absolute atomic E-state index is 0.0371. The number of halogens is 2. The smallest absolute Gasteiger partial charge is 0.251 e. The van der Waals surface area contributed by atoms with Gasteiger partial charge in [-0.05, 0) is 43.5 Å². The Bertz CT molecular complexity index is 628. The largest absolute Gasteiger partial charge is 0.350 e. The molecule has 0 radical (unpaired) electrons. The molecule has 3 heterocycles. The molecule has 1 N–H and O–H groups in total. The Morgan fingerprint density at radius 3 is 3.00 bits per heavy atom. The highest BCUT2D eigenvalue weighted by molar-refractivity contribution is 6.31. The number of hydrogen-bond donors (Lipinski definition) is 1. The van der Waals surface area contributed by atoms with Crippen LogP contribution < -0.4 is 5.32 Å². The van der Waals surface area contributed by atoms with Gasteiger partial charge in [-0.1, -0.05) is 11.6 Å². The first-order chi connectivity index (χ1) is 10.6. The Morgan fingerprint density at radius 2 is 2.36 bits per heavy atom. The molecule has 22 heavy (non-hydrogen) atoms. The number of carbonyl (C=O) groups is 1. The highest BCUT2D eigenvalue weighted by Gasteiger charge is 2.39. The van der Waals surface area contributed by atoms with Crippen molar-refractivity contribution in [3.8, 4) is 12.3 Å². The molecule has 116 valence electrons. The minimum Gasteiger partial charge on any atom is -0.350 e. The summed E-state index contributed by atoms with van der Waals surface area (Å²) >= 11 is 5.71. The number of rotatable bonds is 3. The Balaban J connectivity index is 1.58. The van der Waals surface area contributed by atoms with E-state index < -0.39 is 5.82 Å². The fourth-order valence-corrected chi connectivity index (χ4v) is 3.67. The van der Waals surface area contributed by atoms with E-state index in [-0.39, 0.29) is 10.9 Å². The number of amides is 1. The lowest BCUT2D eigenvalue weighted by Gasteiger charge is -2.48. The van der Waals surface area contributed by atoms with Gasteiger partial charge in [0.15, 0.2) is 0 Å². The van der Waals surface area contributed by atoms with E-state index in [9.17, 15) is 9.18 Å². The molecule has 0 spiro atoms. The average molecular weight is 321 g/mol. The number of piperidine rings is 3. The van der Waals surface area contributed by atoms with Crippen molar-refractivity contribution < 1.29 is 9.18 Å². The van der Waals surface area contributed by atoms with E-state index in [1.54, 1.807) is 0 Å². The number of nitrogens with zero attached hydrogens (tertiary/aromatic N) is 1. The van der Waals surface area contributed by atoms with Crippen LogP contribution in [0.4, 0.5) is 4.39 Å². The molecule has 3 nitrogen and oxygen atoms in total. The number of nitrogens with one attached hydrogen (secondary N) is 1. The summed E-state index contributed by atoms with van der Waals surface area (Å²) in [5, 5.41) is 2.88. The summed E-state index contributed by atoms with van der Waals surface area (Å²) in [4.78, 5) is 14.5. The van der Waals surface area contributed by atoms with Gasteiger partial charge >= 0.3 is 0 Å². The standard InChI is InChI=1S/C17H18ClFN2O/c1-2-11-10-21-6-5-12(11)7-14(21)9-20-17(22)13-3-4-16(19)15(18)8-13/h1,3-4,8,11-12,14H,5-7,9-10H2,(H,20,22). The van der Waals surface area contributed by atoms with Crippen LogP contribution in [0.1, 0.15) is 23.2 Å². The van der Waals surface area contributed by atoms with Crippen LogP contribution in [0.3, 0.4) is 0 Å². The van der Waals surface area contributed by atoms with Crippen LogP contribution in [0.25, 0.3) is 0 Å². The second-order valence-electron chi connectivity index (χ2n) is 6.05. The summed E-state index contributed by atoms with van der Waals surface area (Å²) in [7, 11) is 0. The maximum absolute atomic E-state index is 13.1. The molecule has 3 aliphatic heterocycles. The summed E-state index contributed by atoms with van der Waals surface area (Å²) in [6, 6.07) is 4.34. The van der Waals surface area contributed by atoms with Crippen LogP contribution in [0, 0.1) is 30.0 Å². The monoisotopic (exact) mass is 320 g/mol. The van der Waals surface area contributed by atoms with Gasteiger partial charge in [-0.25, -0.2) is 4.39 Å². The van der Waals surface area contributed by atoms with Crippen LogP contribution >= 0.6 is 11.6 Å². The van der Waals surface area contributed by atoms with Gasteiger partial charge in [0.05, 0.1) is 5.02 Å². The van der Waals surface area contributed by atoms with Gasteiger partial charge < -0.3 is 5.32 Å². The lowest BCUT2D eigenvalue weighted by atomic mass is 9.76. The van der Waals surface area contributed by atoms with Crippen molar-refractivity contribution in [2.24, 2.45) is 11.8 Å². The topological polar surface area (TPSA) is 32.3 Å². The van der Waals surface area contributed by atoms with Crippen LogP contribution in [0.2, 0.25) is 5.02 Å². The van der Waals surface area contributed by atoms with E-state index >= 15 is 0 Å². The molecule has 3 aliphatic rings. The number of carbonyl (C=O) groups excluding carboxylic acids is 1. The SMILES string of the molecule is C#CC1CN2CCC1CC2CNC(=O)c1ccc(F)c(Cl)c1. The predicted molar refractivity (Wildman–Crippen MR) is 84.2 cm³/mol. The highest BCUT2D eigenvalue weighted by Crippen LogP contribution is 2.35. The molecule has 4 unspecified atom stereocenters. The molecule has 4 rings (SSSR count). The van der Waals surface area contributed by atoms with Gasteiger partial charge in [-0.15, -0.1) is 12.3 Å². The maximum atomic E-state index is 13.1. The maximum Gasteiger partial charge on any atom is 0.251 e. The first-order valence-corrected chi connectivity index (χ1v) is 7.89. The second kappa shape index (κ2) is 6.28. The van der Waals surface area contributed by atoms with E-state index in [2.05, 4.69) is 16.1 Å². The molecule has 3 saturated heterocycles. The van der Waals surface area contributed by atoms with E-state index in [4.69, 9.17) is 18.0 Å².